The molecule has 1 aliphatic carbocycles. The topological polar surface area (TPSA) is 105 Å². The molecule has 1 saturated carbocycles. The van der Waals surface area contributed by atoms with Gasteiger partial charge in [-0.2, -0.15) is 0 Å². The average Bonchev–Trinajstić information content (AvgIpc) is 2.75. The number of aromatic nitrogens is 2. The van der Waals surface area contributed by atoms with Crippen LogP contribution in [0.2, 0.25) is 0 Å². The molecule has 0 bridgehead atoms. The Labute approximate surface area is 160 Å². The first-order chi connectivity index (χ1) is 13.2. The number of benzene rings is 1. The zero-order chi connectivity index (χ0) is 19.1. The first-order valence-corrected chi connectivity index (χ1v) is 9.80. The van der Waals surface area contributed by atoms with Gasteiger partial charge in [-0.3, -0.25) is 4.90 Å². The molecule has 1 aliphatic heterocycles. The van der Waals surface area contributed by atoms with Gasteiger partial charge in [0.25, 0.3) is 0 Å². The lowest BCUT2D eigenvalue weighted by atomic mass is 9.94. The van der Waals surface area contributed by atoms with Crippen LogP contribution in [0.5, 0.6) is 0 Å². The van der Waals surface area contributed by atoms with Crippen molar-refractivity contribution in [2.24, 2.45) is 0 Å². The molecule has 2 heterocycles. The molecule has 2 aromatic rings. The van der Waals surface area contributed by atoms with E-state index in [1.54, 1.807) is 18.2 Å². The minimum absolute atomic E-state index is 0.320. The highest BCUT2D eigenvalue weighted by Gasteiger charge is 2.22. The molecule has 0 amide bonds. The number of aliphatic hydroxyl groups excluding tert-OH is 2. The van der Waals surface area contributed by atoms with Crippen molar-refractivity contribution < 1.29 is 14.9 Å². The van der Waals surface area contributed by atoms with E-state index < -0.39 is 6.10 Å². The van der Waals surface area contributed by atoms with Crippen molar-refractivity contribution in [2.45, 2.75) is 44.2 Å². The summed E-state index contributed by atoms with van der Waals surface area (Å²) in [6.07, 6.45) is 7.71. The monoisotopic (exact) mass is 374 g/mol. The first kappa shape index (κ1) is 19.9. The minimum atomic E-state index is -0.894. The van der Waals surface area contributed by atoms with Crippen LogP contribution in [0, 0.1) is 0 Å². The van der Waals surface area contributed by atoms with Gasteiger partial charge in [-0.25, -0.2) is 9.97 Å². The maximum absolute atomic E-state index is 9.45. The zero-order valence-electron chi connectivity index (χ0n) is 15.8. The number of ether oxygens (including phenoxy) is 1. The predicted molar refractivity (Wildman–Crippen MR) is 105 cm³/mol. The van der Waals surface area contributed by atoms with Crippen LogP contribution in [0.1, 0.15) is 43.8 Å². The van der Waals surface area contributed by atoms with E-state index in [1.165, 1.54) is 51.5 Å². The predicted octanol–water partition coefficient (Wildman–Crippen LogP) is 1.89. The van der Waals surface area contributed by atoms with E-state index in [9.17, 15) is 5.11 Å². The maximum atomic E-state index is 9.45. The summed E-state index contributed by atoms with van der Waals surface area (Å²) < 4.78 is 5.35. The first-order valence-electron chi connectivity index (χ1n) is 9.80. The molecule has 1 aromatic carbocycles. The van der Waals surface area contributed by atoms with Crippen LogP contribution in [0.3, 0.4) is 0 Å². The van der Waals surface area contributed by atoms with Crippen molar-refractivity contribution in [3.63, 3.8) is 0 Å². The number of aliphatic hydroxyl groups is 2. The summed E-state index contributed by atoms with van der Waals surface area (Å²) in [6, 6.07) is 6.02. The van der Waals surface area contributed by atoms with E-state index in [0.717, 1.165) is 24.8 Å². The number of hydrogen-bond acceptors (Lipinski definition) is 7. The Morgan fingerprint density at radius 1 is 1.15 bits per heavy atom. The lowest BCUT2D eigenvalue weighted by Gasteiger charge is -2.36. The number of hydrogen-bond donors (Lipinski definition) is 3. The van der Waals surface area contributed by atoms with Gasteiger partial charge in [0.15, 0.2) is 0 Å². The summed E-state index contributed by atoms with van der Waals surface area (Å²) in [6.45, 7) is 3.93. The van der Waals surface area contributed by atoms with Crippen LogP contribution in [-0.4, -0.2) is 64.0 Å². The smallest absolute Gasteiger partial charge is 0.134 e. The van der Waals surface area contributed by atoms with Gasteiger partial charge < -0.3 is 20.7 Å². The highest BCUT2D eigenvalue weighted by molar-refractivity contribution is 5.88. The third-order valence-electron chi connectivity index (χ3n) is 5.38. The molecule has 148 valence electrons. The van der Waals surface area contributed by atoms with Gasteiger partial charge in [0.1, 0.15) is 18.2 Å². The standard InChI is InChI=1S/C10H11N3O2.C10H19NO/c11-10-7-3-6(9(15)4-14)1-2-8(7)12-5-13-10;1-2-4-10(5-3-1)11-6-8-12-9-7-11/h1-3,5,9,14-15H,4H2,(H2,11,12,13);10H,1-9H2. The molecule has 2 aliphatic rings. The second-order valence-corrected chi connectivity index (χ2v) is 7.17. The normalized spacial score (nSPS) is 20.1. The Morgan fingerprint density at radius 3 is 2.59 bits per heavy atom. The van der Waals surface area contributed by atoms with Gasteiger partial charge in [0, 0.05) is 24.5 Å². The summed E-state index contributed by atoms with van der Waals surface area (Å²) in [7, 11) is 0. The van der Waals surface area contributed by atoms with Crippen molar-refractivity contribution in [3.05, 3.63) is 30.1 Å². The molecule has 27 heavy (non-hydrogen) atoms. The van der Waals surface area contributed by atoms with Crippen LogP contribution in [0.15, 0.2) is 24.5 Å². The molecule has 0 radical (unpaired) electrons. The molecule has 4 rings (SSSR count). The van der Waals surface area contributed by atoms with E-state index in [-0.39, 0.29) is 6.61 Å². The van der Waals surface area contributed by atoms with Crippen LogP contribution in [0.4, 0.5) is 5.82 Å². The Bertz CT molecular complexity index is 699. The highest BCUT2D eigenvalue weighted by Crippen LogP contribution is 2.23. The van der Waals surface area contributed by atoms with E-state index in [0.29, 0.717) is 16.8 Å². The fraction of sp³-hybridized carbons (Fsp3) is 0.600. The van der Waals surface area contributed by atoms with Gasteiger partial charge in [0.2, 0.25) is 0 Å². The molecule has 1 saturated heterocycles. The van der Waals surface area contributed by atoms with Gasteiger partial charge in [0.05, 0.1) is 25.3 Å². The maximum Gasteiger partial charge on any atom is 0.134 e. The van der Waals surface area contributed by atoms with Crippen LogP contribution in [-0.2, 0) is 4.74 Å². The quantitative estimate of drug-likeness (QED) is 0.753. The van der Waals surface area contributed by atoms with E-state index >= 15 is 0 Å². The van der Waals surface area contributed by atoms with Gasteiger partial charge >= 0.3 is 0 Å². The molecule has 1 atom stereocenters. The summed E-state index contributed by atoms with van der Waals surface area (Å²) in [4.78, 5) is 10.5. The molecular weight excluding hydrogens is 344 g/mol. The van der Waals surface area contributed by atoms with Gasteiger partial charge in [-0.1, -0.05) is 25.3 Å². The van der Waals surface area contributed by atoms with Crippen molar-refractivity contribution in [3.8, 4) is 0 Å². The molecule has 2 fully saturated rings. The molecule has 4 N–H and O–H groups in total. The molecular formula is C20H30N4O3. The molecule has 0 spiro atoms. The minimum Gasteiger partial charge on any atom is -0.393 e. The number of fused-ring (bicyclic) bond motifs is 1. The zero-order valence-corrected chi connectivity index (χ0v) is 15.8. The van der Waals surface area contributed by atoms with Crippen LogP contribution < -0.4 is 5.73 Å². The second kappa shape index (κ2) is 9.94. The number of nitrogen functional groups attached to an aromatic ring is 1. The highest BCUT2D eigenvalue weighted by atomic mass is 16.5. The number of anilines is 1. The van der Waals surface area contributed by atoms with E-state index in [4.69, 9.17) is 15.6 Å². The van der Waals surface area contributed by atoms with Gasteiger partial charge in [-0.15, -0.1) is 0 Å². The Kier molecular flexibility index (Phi) is 7.34. The number of morpholine rings is 1. The second-order valence-electron chi connectivity index (χ2n) is 7.17. The fourth-order valence-electron chi connectivity index (χ4n) is 3.80. The molecule has 1 aromatic heterocycles. The van der Waals surface area contributed by atoms with Crippen LogP contribution >= 0.6 is 0 Å². The van der Waals surface area contributed by atoms with Crippen molar-refractivity contribution >= 4 is 16.7 Å². The Balaban J connectivity index is 0.000000159. The SMILES string of the molecule is C1CCC(N2CCOCC2)CC1.Nc1ncnc2ccc(C(O)CO)cc12. The molecule has 7 heteroatoms. The van der Waals surface area contributed by atoms with Crippen molar-refractivity contribution in [2.75, 3.05) is 38.6 Å². The Morgan fingerprint density at radius 2 is 1.89 bits per heavy atom. The lowest BCUT2D eigenvalue weighted by Crippen LogP contribution is -2.44. The summed E-state index contributed by atoms with van der Waals surface area (Å²) >= 11 is 0. The van der Waals surface area contributed by atoms with E-state index in [1.807, 2.05) is 0 Å². The molecule has 1 unspecified atom stereocenters. The summed E-state index contributed by atoms with van der Waals surface area (Å²) in [5.41, 5.74) is 6.99. The van der Waals surface area contributed by atoms with Crippen molar-refractivity contribution in [1.29, 1.82) is 0 Å². The van der Waals surface area contributed by atoms with Crippen molar-refractivity contribution in [1.82, 2.24) is 14.9 Å². The summed E-state index contributed by atoms with van der Waals surface area (Å²) in [5, 5.41) is 18.9. The fourth-order valence-corrected chi connectivity index (χ4v) is 3.80. The average molecular weight is 374 g/mol. The molecule has 7 nitrogen and oxygen atoms in total. The Hall–Kier alpha value is -1.80. The number of nitrogens with zero attached hydrogens (tertiary/aromatic N) is 3. The summed E-state index contributed by atoms with van der Waals surface area (Å²) in [5.74, 6) is 0.368. The third kappa shape index (κ3) is 5.35. The van der Waals surface area contributed by atoms with Gasteiger partial charge in [-0.05, 0) is 30.5 Å². The van der Waals surface area contributed by atoms with Crippen LogP contribution in [0.25, 0.3) is 10.9 Å². The van der Waals surface area contributed by atoms with E-state index in [2.05, 4.69) is 14.9 Å². The lowest BCUT2D eigenvalue weighted by molar-refractivity contribution is 0.00858. The third-order valence-corrected chi connectivity index (χ3v) is 5.38. The largest absolute Gasteiger partial charge is 0.393 e. The number of nitrogens with two attached hydrogens (primary N) is 1. The number of rotatable bonds is 3.